The molecule has 3 nitrogen and oxygen atoms in total. The molecular formula is C9H17NO2. The molecule has 0 spiro atoms. The highest BCUT2D eigenvalue weighted by Crippen LogP contribution is 2.16. The molecule has 1 fully saturated rings. The molecule has 1 atom stereocenters. The summed E-state index contributed by atoms with van der Waals surface area (Å²) in [7, 11) is 0. The molecule has 0 bridgehead atoms. The van der Waals surface area contributed by atoms with Gasteiger partial charge in [0.2, 0.25) is 0 Å². The number of aliphatic hydroxyl groups is 1. The Morgan fingerprint density at radius 2 is 2.50 bits per heavy atom. The zero-order valence-corrected chi connectivity index (χ0v) is 7.60. The van der Waals surface area contributed by atoms with Crippen molar-refractivity contribution in [2.45, 2.75) is 18.9 Å². The molecule has 2 N–H and O–H groups in total. The molecule has 0 amide bonds. The van der Waals surface area contributed by atoms with E-state index in [1.807, 2.05) is 6.92 Å². The first-order valence-corrected chi connectivity index (χ1v) is 4.28. The van der Waals surface area contributed by atoms with E-state index in [-0.39, 0.29) is 0 Å². The average molecular weight is 171 g/mol. The Bertz CT molecular complexity index is 162. The maximum atomic E-state index is 9.79. The summed E-state index contributed by atoms with van der Waals surface area (Å²) in [5.74, 6) is 0. The molecule has 1 aliphatic rings. The van der Waals surface area contributed by atoms with Gasteiger partial charge in [-0.25, -0.2) is 0 Å². The van der Waals surface area contributed by atoms with Gasteiger partial charge in [-0.2, -0.15) is 0 Å². The lowest BCUT2D eigenvalue weighted by Gasteiger charge is -2.20. The second kappa shape index (κ2) is 4.03. The zero-order valence-electron chi connectivity index (χ0n) is 7.60. The summed E-state index contributed by atoms with van der Waals surface area (Å²) >= 11 is 0. The van der Waals surface area contributed by atoms with Gasteiger partial charge in [-0.3, -0.25) is 0 Å². The highest BCUT2D eigenvalue weighted by molar-refractivity contribution is 4.93. The fourth-order valence-electron chi connectivity index (χ4n) is 1.24. The van der Waals surface area contributed by atoms with Crippen molar-refractivity contribution in [3.05, 3.63) is 12.2 Å². The largest absolute Gasteiger partial charge is 0.386 e. The van der Waals surface area contributed by atoms with Gasteiger partial charge in [-0.1, -0.05) is 12.2 Å². The molecule has 70 valence electrons. The van der Waals surface area contributed by atoms with Crippen LogP contribution in [0.15, 0.2) is 12.2 Å². The number of nitrogens with one attached hydrogen (secondary N) is 1. The van der Waals surface area contributed by atoms with Crippen LogP contribution >= 0.6 is 0 Å². The minimum absolute atomic E-state index is 0.455. The van der Waals surface area contributed by atoms with Crippen LogP contribution in [-0.4, -0.2) is 37.0 Å². The van der Waals surface area contributed by atoms with E-state index in [9.17, 15) is 5.11 Å². The van der Waals surface area contributed by atoms with E-state index >= 15 is 0 Å². The summed E-state index contributed by atoms with van der Waals surface area (Å²) in [4.78, 5) is 0. The van der Waals surface area contributed by atoms with Gasteiger partial charge in [0.1, 0.15) is 5.60 Å². The highest BCUT2D eigenvalue weighted by Gasteiger charge is 2.31. The van der Waals surface area contributed by atoms with Crippen LogP contribution < -0.4 is 5.32 Å². The van der Waals surface area contributed by atoms with Gasteiger partial charge in [-0.05, 0) is 6.92 Å². The second-order valence-electron chi connectivity index (χ2n) is 3.59. The lowest BCUT2D eigenvalue weighted by atomic mass is 10.0. The van der Waals surface area contributed by atoms with E-state index < -0.39 is 5.60 Å². The molecule has 1 rings (SSSR count). The zero-order chi connectivity index (χ0) is 9.03. The maximum Gasteiger partial charge on any atom is 0.102 e. The smallest absolute Gasteiger partial charge is 0.102 e. The van der Waals surface area contributed by atoms with Crippen molar-refractivity contribution in [2.24, 2.45) is 0 Å². The van der Waals surface area contributed by atoms with Crippen molar-refractivity contribution in [1.29, 1.82) is 0 Å². The number of hydrogen-bond donors (Lipinski definition) is 2. The van der Waals surface area contributed by atoms with Crippen molar-refractivity contribution in [2.75, 3.05) is 26.3 Å². The molecule has 3 heteroatoms. The normalized spacial score (nSPS) is 29.2. The van der Waals surface area contributed by atoms with Crippen LogP contribution in [0.4, 0.5) is 0 Å². The van der Waals surface area contributed by atoms with Gasteiger partial charge in [0, 0.05) is 26.1 Å². The van der Waals surface area contributed by atoms with E-state index in [0.717, 1.165) is 18.5 Å². The first-order valence-electron chi connectivity index (χ1n) is 4.28. The number of ether oxygens (including phenoxy) is 1. The Hall–Kier alpha value is -0.380. The molecule has 0 saturated carbocycles. The third kappa shape index (κ3) is 2.93. The van der Waals surface area contributed by atoms with Crippen LogP contribution in [0, 0.1) is 0 Å². The molecule has 0 aromatic rings. The van der Waals surface area contributed by atoms with Crippen LogP contribution in [0.3, 0.4) is 0 Å². The van der Waals surface area contributed by atoms with Crippen LogP contribution in [0.5, 0.6) is 0 Å². The molecule has 0 aromatic heterocycles. The van der Waals surface area contributed by atoms with Crippen molar-refractivity contribution in [3.63, 3.8) is 0 Å². The Kier molecular flexibility index (Phi) is 3.26. The fourth-order valence-corrected chi connectivity index (χ4v) is 1.24. The standard InChI is InChI=1S/C9H17NO2/c1-8(2)5-10-6-9(11)3-4-12-7-9/h10-11H,1,3-7H2,2H3. The topological polar surface area (TPSA) is 41.5 Å². The minimum atomic E-state index is -0.643. The van der Waals surface area contributed by atoms with Crippen LogP contribution in [0.2, 0.25) is 0 Å². The van der Waals surface area contributed by atoms with Gasteiger partial charge in [-0.15, -0.1) is 0 Å². The van der Waals surface area contributed by atoms with Crippen molar-refractivity contribution < 1.29 is 9.84 Å². The molecule has 1 heterocycles. The molecular weight excluding hydrogens is 154 g/mol. The summed E-state index contributed by atoms with van der Waals surface area (Å²) < 4.78 is 5.11. The van der Waals surface area contributed by atoms with Crippen LogP contribution in [-0.2, 0) is 4.74 Å². The second-order valence-corrected chi connectivity index (χ2v) is 3.59. The first kappa shape index (κ1) is 9.71. The van der Waals surface area contributed by atoms with E-state index in [1.165, 1.54) is 0 Å². The van der Waals surface area contributed by atoms with Gasteiger partial charge < -0.3 is 15.2 Å². The summed E-state index contributed by atoms with van der Waals surface area (Å²) in [5, 5.41) is 12.9. The average Bonchev–Trinajstić information content (AvgIpc) is 2.35. The molecule has 1 aliphatic heterocycles. The first-order chi connectivity index (χ1) is 5.62. The fraction of sp³-hybridized carbons (Fsp3) is 0.778. The Balaban J connectivity index is 2.17. The third-order valence-electron chi connectivity index (χ3n) is 1.96. The van der Waals surface area contributed by atoms with Gasteiger partial charge in [0.05, 0.1) is 6.61 Å². The summed E-state index contributed by atoms with van der Waals surface area (Å²) in [6.07, 6.45) is 0.732. The SMILES string of the molecule is C=C(C)CNCC1(O)CCOC1. The van der Waals surface area contributed by atoms with Gasteiger partial charge in [0.15, 0.2) is 0 Å². The summed E-state index contributed by atoms with van der Waals surface area (Å²) in [5.41, 5.74) is 0.438. The lowest BCUT2D eigenvalue weighted by molar-refractivity contribution is 0.0278. The highest BCUT2D eigenvalue weighted by atomic mass is 16.5. The third-order valence-corrected chi connectivity index (χ3v) is 1.96. The minimum Gasteiger partial charge on any atom is -0.386 e. The summed E-state index contributed by atoms with van der Waals surface area (Å²) in [6, 6.07) is 0. The Labute approximate surface area is 73.4 Å². The van der Waals surface area contributed by atoms with Gasteiger partial charge in [0.25, 0.3) is 0 Å². The van der Waals surface area contributed by atoms with Gasteiger partial charge >= 0.3 is 0 Å². The van der Waals surface area contributed by atoms with Crippen molar-refractivity contribution >= 4 is 0 Å². The molecule has 0 aromatic carbocycles. The quantitative estimate of drug-likeness (QED) is 0.598. The van der Waals surface area contributed by atoms with E-state index in [1.54, 1.807) is 0 Å². The predicted octanol–water partition coefficient (Wildman–Crippen LogP) is 0.303. The molecule has 1 unspecified atom stereocenters. The van der Waals surface area contributed by atoms with E-state index in [2.05, 4.69) is 11.9 Å². The monoisotopic (exact) mass is 171 g/mol. The summed E-state index contributed by atoms with van der Waals surface area (Å²) in [6.45, 7) is 8.22. The Morgan fingerprint density at radius 1 is 1.75 bits per heavy atom. The van der Waals surface area contributed by atoms with Crippen LogP contribution in [0.1, 0.15) is 13.3 Å². The molecule has 0 radical (unpaired) electrons. The lowest BCUT2D eigenvalue weighted by Crippen LogP contribution is -2.41. The predicted molar refractivity (Wildman–Crippen MR) is 48.1 cm³/mol. The van der Waals surface area contributed by atoms with Crippen molar-refractivity contribution in [3.8, 4) is 0 Å². The molecule has 1 saturated heterocycles. The number of rotatable bonds is 4. The van der Waals surface area contributed by atoms with E-state index in [0.29, 0.717) is 19.8 Å². The number of hydrogen-bond acceptors (Lipinski definition) is 3. The molecule has 0 aliphatic carbocycles. The Morgan fingerprint density at radius 3 is 3.00 bits per heavy atom. The van der Waals surface area contributed by atoms with E-state index in [4.69, 9.17) is 4.74 Å². The van der Waals surface area contributed by atoms with Crippen molar-refractivity contribution in [1.82, 2.24) is 5.32 Å². The molecule has 12 heavy (non-hydrogen) atoms. The van der Waals surface area contributed by atoms with Crippen LogP contribution in [0.25, 0.3) is 0 Å². The maximum absolute atomic E-state index is 9.79.